The molecule has 0 aromatic carbocycles. The molecule has 1 saturated heterocycles. The van der Waals surface area contributed by atoms with E-state index in [2.05, 4.69) is 6.58 Å². The van der Waals surface area contributed by atoms with Crippen LogP contribution in [0.1, 0.15) is 27.2 Å². The summed E-state index contributed by atoms with van der Waals surface area (Å²) in [6.45, 7) is 11.1. The first-order valence-corrected chi connectivity index (χ1v) is 5.14. The van der Waals surface area contributed by atoms with E-state index < -0.39 is 0 Å². The highest BCUT2D eigenvalue weighted by Gasteiger charge is 2.28. The summed E-state index contributed by atoms with van der Waals surface area (Å²) < 4.78 is 5.41. The fraction of sp³-hybridized carbons (Fsp3) is 0.727. The highest BCUT2D eigenvalue weighted by Crippen LogP contribution is 2.18. The Hall–Kier alpha value is -0.990. The normalized spacial score (nSPS) is 21.9. The van der Waals surface area contributed by atoms with Gasteiger partial charge in [0.1, 0.15) is 5.76 Å². The Bertz CT molecular complexity index is 235. The van der Waals surface area contributed by atoms with E-state index in [1.165, 1.54) is 0 Å². The number of rotatable bonds is 4. The van der Waals surface area contributed by atoms with Gasteiger partial charge in [-0.05, 0) is 20.3 Å². The summed E-state index contributed by atoms with van der Waals surface area (Å²) in [6, 6.07) is 0. The second-order valence-corrected chi connectivity index (χ2v) is 4.15. The maximum absolute atomic E-state index is 11.6. The molecule has 0 aliphatic carbocycles. The van der Waals surface area contributed by atoms with Crippen molar-refractivity contribution in [2.45, 2.75) is 33.3 Å². The molecular formula is C11H19NO2. The molecule has 1 heterocycles. The summed E-state index contributed by atoms with van der Waals surface area (Å²) >= 11 is 0. The standard InChI is InChI=1S/C11H19NO2/c1-8(2)14-10(4)7-12-6-5-9(3)11(12)13/h8-9H,4-7H2,1-3H3. The van der Waals surface area contributed by atoms with Crippen LogP contribution in [0, 0.1) is 5.92 Å². The zero-order valence-corrected chi connectivity index (χ0v) is 9.25. The van der Waals surface area contributed by atoms with Gasteiger partial charge in [0, 0.05) is 12.5 Å². The Labute approximate surface area is 85.7 Å². The zero-order valence-electron chi connectivity index (χ0n) is 9.25. The first-order valence-electron chi connectivity index (χ1n) is 5.14. The average Bonchev–Trinajstić information content (AvgIpc) is 2.34. The Morgan fingerprint density at radius 3 is 2.79 bits per heavy atom. The number of carbonyl (C=O) groups excluding carboxylic acids is 1. The lowest BCUT2D eigenvalue weighted by molar-refractivity contribution is -0.130. The van der Waals surface area contributed by atoms with Gasteiger partial charge in [0.25, 0.3) is 0 Å². The number of amides is 1. The van der Waals surface area contributed by atoms with Gasteiger partial charge >= 0.3 is 0 Å². The van der Waals surface area contributed by atoms with Crippen molar-refractivity contribution in [1.82, 2.24) is 4.90 Å². The molecule has 3 nitrogen and oxygen atoms in total. The van der Waals surface area contributed by atoms with Gasteiger partial charge < -0.3 is 9.64 Å². The minimum Gasteiger partial charge on any atom is -0.494 e. The third-order valence-corrected chi connectivity index (χ3v) is 2.33. The van der Waals surface area contributed by atoms with E-state index in [1.807, 2.05) is 25.7 Å². The predicted molar refractivity (Wildman–Crippen MR) is 55.7 cm³/mol. The van der Waals surface area contributed by atoms with Crippen LogP contribution in [0.25, 0.3) is 0 Å². The molecule has 14 heavy (non-hydrogen) atoms. The lowest BCUT2D eigenvalue weighted by Gasteiger charge is -2.19. The molecule has 1 atom stereocenters. The van der Waals surface area contributed by atoms with Gasteiger partial charge in [0.2, 0.25) is 5.91 Å². The van der Waals surface area contributed by atoms with E-state index >= 15 is 0 Å². The average molecular weight is 197 g/mol. The number of likely N-dealkylation sites (tertiary alicyclic amines) is 1. The first-order chi connectivity index (χ1) is 6.50. The Kier molecular flexibility index (Phi) is 3.55. The van der Waals surface area contributed by atoms with E-state index in [4.69, 9.17) is 4.74 Å². The van der Waals surface area contributed by atoms with Crippen LogP contribution >= 0.6 is 0 Å². The van der Waals surface area contributed by atoms with Crippen molar-refractivity contribution in [2.24, 2.45) is 5.92 Å². The molecule has 0 bridgehead atoms. The third kappa shape index (κ3) is 2.76. The van der Waals surface area contributed by atoms with Crippen molar-refractivity contribution in [3.63, 3.8) is 0 Å². The number of nitrogens with zero attached hydrogens (tertiary/aromatic N) is 1. The summed E-state index contributed by atoms with van der Waals surface area (Å²) in [4.78, 5) is 13.4. The molecule has 1 fully saturated rings. The fourth-order valence-electron chi connectivity index (χ4n) is 1.64. The van der Waals surface area contributed by atoms with Crippen LogP contribution < -0.4 is 0 Å². The largest absolute Gasteiger partial charge is 0.494 e. The summed E-state index contributed by atoms with van der Waals surface area (Å²) in [7, 11) is 0. The molecule has 0 aromatic heterocycles. The van der Waals surface area contributed by atoms with E-state index in [1.54, 1.807) is 0 Å². The van der Waals surface area contributed by atoms with Crippen molar-refractivity contribution in [1.29, 1.82) is 0 Å². The van der Waals surface area contributed by atoms with Crippen molar-refractivity contribution in [2.75, 3.05) is 13.1 Å². The van der Waals surface area contributed by atoms with Crippen LogP contribution in [-0.4, -0.2) is 30.0 Å². The summed E-state index contributed by atoms with van der Waals surface area (Å²) in [5, 5.41) is 0. The quantitative estimate of drug-likeness (QED) is 0.643. The zero-order chi connectivity index (χ0) is 10.7. The molecule has 0 radical (unpaired) electrons. The van der Waals surface area contributed by atoms with Gasteiger partial charge in [0.15, 0.2) is 0 Å². The molecular weight excluding hydrogens is 178 g/mol. The van der Waals surface area contributed by atoms with Crippen molar-refractivity contribution < 1.29 is 9.53 Å². The minimum atomic E-state index is 0.137. The van der Waals surface area contributed by atoms with Gasteiger partial charge in [-0.3, -0.25) is 4.79 Å². The molecule has 1 rings (SSSR count). The highest BCUT2D eigenvalue weighted by atomic mass is 16.5. The van der Waals surface area contributed by atoms with E-state index in [0.717, 1.165) is 13.0 Å². The first kappa shape index (κ1) is 11.1. The maximum Gasteiger partial charge on any atom is 0.225 e. The van der Waals surface area contributed by atoms with E-state index in [9.17, 15) is 4.79 Å². The van der Waals surface area contributed by atoms with Gasteiger partial charge in [-0.2, -0.15) is 0 Å². The third-order valence-electron chi connectivity index (χ3n) is 2.33. The summed E-state index contributed by atoms with van der Waals surface area (Å²) in [5.41, 5.74) is 0. The molecule has 0 saturated carbocycles. The summed E-state index contributed by atoms with van der Waals surface area (Å²) in [6.07, 6.45) is 1.09. The van der Waals surface area contributed by atoms with Gasteiger partial charge in [-0.25, -0.2) is 0 Å². The second kappa shape index (κ2) is 4.49. The topological polar surface area (TPSA) is 29.5 Å². The van der Waals surface area contributed by atoms with Crippen LogP contribution in [0.5, 0.6) is 0 Å². The molecule has 1 aliphatic rings. The molecule has 1 unspecified atom stereocenters. The minimum absolute atomic E-state index is 0.137. The lowest BCUT2D eigenvalue weighted by atomic mass is 10.1. The Balaban J connectivity index is 2.38. The maximum atomic E-state index is 11.6. The van der Waals surface area contributed by atoms with Crippen molar-refractivity contribution in [3.05, 3.63) is 12.3 Å². The van der Waals surface area contributed by atoms with Crippen LogP contribution in [0.15, 0.2) is 12.3 Å². The molecule has 80 valence electrons. The van der Waals surface area contributed by atoms with Crippen LogP contribution in [0.2, 0.25) is 0 Å². The smallest absolute Gasteiger partial charge is 0.225 e. The molecule has 0 spiro atoms. The van der Waals surface area contributed by atoms with Crippen LogP contribution in [0.3, 0.4) is 0 Å². The Morgan fingerprint density at radius 2 is 2.36 bits per heavy atom. The number of hydrogen-bond acceptors (Lipinski definition) is 2. The van der Waals surface area contributed by atoms with Crippen LogP contribution in [0.4, 0.5) is 0 Å². The molecule has 1 aliphatic heterocycles. The molecule has 3 heteroatoms. The summed E-state index contributed by atoms with van der Waals surface area (Å²) in [5.74, 6) is 1.07. The van der Waals surface area contributed by atoms with Gasteiger partial charge in [-0.15, -0.1) is 0 Å². The lowest BCUT2D eigenvalue weighted by Crippen LogP contribution is -2.29. The predicted octanol–water partition coefficient (Wildman–Crippen LogP) is 1.79. The molecule has 0 N–H and O–H groups in total. The Morgan fingerprint density at radius 1 is 1.71 bits per heavy atom. The second-order valence-electron chi connectivity index (χ2n) is 4.15. The number of hydrogen-bond donors (Lipinski definition) is 0. The number of ether oxygens (including phenoxy) is 1. The molecule has 0 aromatic rings. The number of carbonyl (C=O) groups is 1. The molecule has 1 amide bonds. The SMILES string of the molecule is C=C(CN1CCC(C)C1=O)OC(C)C. The van der Waals surface area contributed by atoms with Crippen LogP contribution in [-0.2, 0) is 9.53 Å². The fourth-order valence-corrected chi connectivity index (χ4v) is 1.64. The van der Waals surface area contributed by atoms with E-state index in [-0.39, 0.29) is 17.9 Å². The van der Waals surface area contributed by atoms with Crippen molar-refractivity contribution >= 4 is 5.91 Å². The highest BCUT2D eigenvalue weighted by molar-refractivity contribution is 5.80. The van der Waals surface area contributed by atoms with Crippen molar-refractivity contribution in [3.8, 4) is 0 Å². The van der Waals surface area contributed by atoms with Gasteiger partial charge in [0.05, 0.1) is 12.6 Å². The van der Waals surface area contributed by atoms with E-state index in [0.29, 0.717) is 12.3 Å². The monoisotopic (exact) mass is 197 g/mol. The van der Waals surface area contributed by atoms with Gasteiger partial charge in [-0.1, -0.05) is 13.5 Å².